The van der Waals surface area contributed by atoms with E-state index >= 15 is 0 Å². The molecular formula is C33H40F3N5O4S. The molecule has 2 aromatic rings. The zero-order valence-corrected chi connectivity index (χ0v) is 28.0. The number of nitriles is 1. The topological polar surface area (TPSA) is 89.4 Å². The van der Waals surface area contributed by atoms with Crippen LogP contribution in [-0.2, 0) is 22.1 Å². The van der Waals surface area contributed by atoms with E-state index in [1.165, 1.54) is 6.07 Å². The van der Waals surface area contributed by atoms with Gasteiger partial charge >= 0.3 is 12.3 Å². The van der Waals surface area contributed by atoms with E-state index in [0.29, 0.717) is 50.6 Å². The van der Waals surface area contributed by atoms with E-state index in [2.05, 4.69) is 11.8 Å². The molecule has 1 atom stereocenters. The van der Waals surface area contributed by atoms with Crippen LogP contribution in [0.25, 0.3) is 0 Å². The summed E-state index contributed by atoms with van der Waals surface area (Å²) in [7, 11) is 0. The highest BCUT2D eigenvalue weighted by atomic mass is 32.1. The van der Waals surface area contributed by atoms with Crippen molar-refractivity contribution < 1.29 is 32.2 Å². The number of alkyl halides is 3. The Morgan fingerprint density at radius 3 is 2.37 bits per heavy atom. The first-order valence-electron chi connectivity index (χ1n) is 15.2. The van der Waals surface area contributed by atoms with Crippen LogP contribution in [0.1, 0.15) is 65.2 Å². The van der Waals surface area contributed by atoms with E-state index in [4.69, 9.17) is 21.7 Å². The predicted molar refractivity (Wildman–Crippen MR) is 173 cm³/mol. The van der Waals surface area contributed by atoms with Crippen LogP contribution >= 0.6 is 12.2 Å². The summed E-state index contributed by atoms with van der Waals surface area (Å²) in [4.78, 5) is 32.8. The molecule has 248 valence electrons. The van der Waals surface area contributed by atoms with Crippen molar-refractivity contribution >= 4 is 40.7 Å². The third kappa shape index (κ3) is 7.23. The van der Waals surface area contributed by atoms with E-state index in [1.54, 1.807) is 35.8 Å². The summed E-state index contributed by atoms with van der Waals surface area (Å²) >= 11 is 5.68. The minimum Gasteiger partial charge on any atom is -0.492 e. The number of amides is 2. The molecule has 13 heteroatoms. The lowest BCUT2D eigenvalue weighted by atomic mass is 10.0. The van der Waals surface area contributed by atoms with Crippen molar-refractivity contribution in [1.82, 2.24) is 9.80 Å². The second-order valence-corrected chi connectivity index (χ2v) is 13.3. The Bertz CT molecular complexity index is 1550. The first-order chi connectivity index (χ1) is 21.4. The molecule has 2 aromatic carbocycles. The minimum absolute atomic E-state index is 0.0306. The number of rotatable bonds is 7. The molecule has 0 N–H and O–H groups in total. The summed E-state index contributed by atoms with van der Waals surface area (Å²) in [5, 5.41) is 9.21. The van der Waals surface area contributed by atoms with Crippen LogP contribution in [0.5, 0.6) is 5.75 Å². The number of carbonyl (C=O) groups excluding carboxylic acids is 2. The summed E-state index contributed by atoms with van der Waals surface area (Å²) in [6, 6.07) is 10.3. The van der Waals surface area contributed by atoms with Gasteiger partial charge in [-0.25, -0.2) is 4.79 Å². The summed E-state index contributed by atoms with van der Waals surface area (Å²) < 4.78 is 52.8. The number of carbonyl (C=O) groups is 2. The highest BCUT2D eigenvalue weighted by Crippen LogP contribution is 2.40. The molecule has 0 bridgehead atoms. The van der Waals surface area contributed by atoms with E-state index in [9.17, 15) is 28.0 Å². The quantitative estimate of drug-likeness (QED) is 0.317. The van der Waals surface area contributed by atoms with E-state index < -0.39 is 34.4 Å². The van der Waals surface area contributed by atoms with Gasteiger partial charge in [-0.15, -0.1) is 0 Å². The van der Waals surface area contributed by atoms with E-state index in [0.717, 1.165) is 22.6 Å². The Balaban J connectivity index is 1.47. The summed E-state index contributed by atoms with van der Waals surface area (Å²) in [5.74, 6) is 0.189. The number of hydrogen-bond acceptors (Lipinski definition) is 7. The molecule has 0 spiro atoms. The number of ether oxygens (including phenoxy) is 2. The first-order valence-corrected chi connectivity index (χ1v) is 15.6. The van der Waals surface area contributed by atoms with Gasteiger partial charge in [0, 0.05) is 37.9 Å². The molecule has 0 radical (unpaired) electrons. The molecule has 2 heterocycles. The highest BCUT2D eigenvalue weighted by molar-refractivity contribution is 7.81. The van der Waals surface area contributed by atoms with Crippen molar-refractivity contribution in [3.63, 3.8) is 0 Å². The van der Waals surface area contributed by atoms with Crippen molar-refractivity contribution in [2.45, 2.75) is 78.2 Å². The average molecular weight is 660 g/mol. The Labute approximate surface area is 273 Å². The Morgan fingerprint density at radius 2 is 1.78 bits per heavy atom. The number of benzene rings is 2. The van der Waals surface area contributed by atoms with Crippen molar-refractivity contribution in [3.05, 3.63) is 53.1 Å². The lowest BCUT2D eigenvalue weighted by molar-refractivity contribution is -0.137. The average Bonchev–Trinajstić information content (AvgIpc) is 3.14. The molecule has 0 aliphatic carbocycles. The third-order valence-electron chi connectivity index (χ3n) is 8.09. The van der Waals surface area contributed by atoms with Gasteiger partial charge in [-0.2, -0.15) is 18.4 Å². The number of piperazine rings is 1. The number of aryl methyl sites for hydroxylation is 1. The van der Waals surface area contributed by atoms with Crippen LogP contribution in [0.4, 0.5) is 29.3 Å². The number of halogens is 3. The second-order valence-electron chi connectivity index (χ2n) is 13.0. The number of thiocarbonyl (C=S) groups is 1. The molecule has 4 rings (SSSR count). The van der Waals surface area contributed by atoms with Gasteiger partial charge in [0.05, 0.1) is 22.9 Å². The van der Waals surface area contributed by atoms with Crippen molar-refractivity contribution in [2.24, 2.45) is 0 Å². The first kappa shape index (κ1) is 35.0. The largest absolute Gasteiger partial charge is 0.492 e. The van der Waals surface area contributed by atoms with Gasteiger partial charge in [0.25, 0.3) is 5.91 Å². The fourth-order valence-corrected chi connectivity index (χ4v) is 6.20. The van der Waals surface area contributed by atoms with Crippen LogP contribution in [0.15, 0.2) is 36.4 Å². The van der Waals surface area contributed by atoms with Gasteiger partial charge < -0.3 is 19.3 Å². The van der Waals surface area contributed by atoms with Gasteiger partial charge in [-0.1, -0.05) is 6.92 Å². The molecule has 0 saturated carbocycles. The van der Waals surface area contributed by atoms with Gasteiger partial charge in [0.1, 0.15) is 23.5 Å². The molecule has 2 saturated heterocycles. The Kier molecular flexibility index (Phi) is 9.94. The molecule has 0 aromatic heterocycles. The molecule has 2 fully saturated rings. The molecule has 2 amide bonds. The molecule has 2 aliphatic heterocycles. The smallest absolute Gasteiger partial charge is 0.417 e. The summed E-state index contributed by atoms with van der Waals surface area (Å²) in [5.41, 5.74) is -2.00. The zero-order valence-electron chi connectivity index (χ0n) is 27.2. The molecule has 0 unspecified atom stereocenters. The fraction of sp³-hybridized carbons (Fsp3) is 0.515. The number of nitrogens with zero attached hydrogens (tertiary/aromatic N) is 5. The van der Waals surface area contributed by atoms with Crippen molar-refractivity contribution in [2.75, 3.05) is 42.6 Å². The van der Waals surface area contributed by atoms with Crippen LogP contribution in [-0.4, -0.2) is 76.9 Å². The van der Waals surface area contributed by atoms with Gasteiger partial charge in [-0.3, -0.25) is 14.6 Å². The van der Waals surface area contributed by atoms with Crippen LogP contribution < -0.4 is 14.5 Å². The SMILES string of the molecule is CCc1cc(N2C(=S)N(c3ccc(C#N)c(C(F)(F)F)c3)C(=O)C2(C)C)ccc1OCCN1CCN(C(=O)OC(C)(C)C)C[C@@H]1C. The van der Waals surface area contributed by atoms with Gasteiger partial charge in [0.15, 0.2) is 5.11 Å². The van der Waals surface area contributed by atoms with Gasteiger partial charge in [0.2, 0.25) is 0 Å². The zero-order chi connectivity index (χ0) is 34.2. The van der Waals surface area contributed by atoms with Crippen molar-refractivity contribution in [3.8, 4) is 11.8 Å². The van der Waals surface area contributed by atoms with Crippen LogP contribution in [0, 0.1) is 11.3 Å². The van der Waals surface area contributed by atoms with Crippen LogP contribution in [0.2, 0.25) is 0 Å². The summed E-state index contributed by atoms with van der Waals surface area (Å²) in [6.45, 7) is 15.8. The lowest BCUT2D eigenvalue weighted by Gasteiger charge is -2.40. The second kappa shape index (κ2) is 13.1. The standard InChI is InChI=1S/C33H40F3N5O4S/c1-8-22-17-25(11-12-27(22)44-16-15-38-13-14-39(20-21(38)2)30(43)45-31(3,4)5)41-29(46)40(28(42)32(41,6)7)24-10-9-23(19-37)26(18-24)33(34,35)36/h9-12,17-18,21H,8,13-16,20H2,1-7H3/t21-/m0/s1. The van der Waals surface area contributed by atoms with Gasteiger partial charge in [-0.05, 0) is 102 Å². The maximum absolute atomic E-state index is 13.7. The molecule has 9 nitrogen and oxygen atoms in total. The Morgan fingerprint density at radius 1 is 1.11 bits per heavy atom. The number of anilines is 2. The molecule has 2 aliphatic rings. The minimum atomic E-state index is -4.78. The highest BCUT2D eigenvalue weighted by Gasteiger charge is 2.51. The lowest BCUT2D eigenvalue weighted by Crippen LogP contribution is -2.55. The maximum Gasteiger partial charge on any atom is 0.417 e. The third-order valence-corrected chi connectivity index (χ3v) is 8.46. The van der Waals surface area contributed by atoms with Crippen molar-refractivity contribution in [1.29, 1.82) is 5.26 Å². The normalized spacial score (nSPS) is 19.0. The predicted octanol–water partition coefficient (Wildman–Crippen LogP) is 6.38. The summed E-state index contributed by atoms with van der Waals surface area (Å²) in [6.07, 6.45) is -4.47. The monoisotopic (exact) mass is 659 g/mol. The molecule has 46 heavy (non-hydrogen) atoms. The van der Waals surface area contributed by atoms with E-state index in [1.807, 2.05) is 39.8 Å². The number of hydrogen-bond donors (Lipinski definition) is 0. The maximum atomic E-state index is 13.7. The Hall–Kier alpha value is -3.89. The van der Waals surface area contributed by atoms with E-state index in [-0.39, 0.29) is 22.9 Å². The van der Waals surface area contributed by atoms with Crippen LogP contribution in [0.3, 0.4) is 0 Å². The fourth-order valence-electron chi connectivity index (χ4n) is 5.67. The molecular weight excluding hydrogens is 619 g/mol.